The normalized spacial score (nSPS) is 47.6. The Balaban J connectivity index is 1.77. The molecule has 2 saturated carbocycles. The zero-order chi connectivity index (χ0) is 20.9. The number of aliphatic hydroxyl groups excluding tert-OH is 4. The van der Waals surface area contributed by atoms with E-state index in [1.807, 2.05) is 13.8 Å². The van der Waals surface area contributed by atoms with Crippen molar-refractivity contribution in [3.8, 4) is 0 Å². The van der Waals surface area contributed by atoms with Gasteiger partial charge in [-0.3, -0.25) is 0 Å². The average Bonchev–Trinajstić information content (AvgIpc) is 2.63. The van der Waals surface area contributed by atoms with Crippen LogP contribution in [0.5, 0.6) is 0 Å². The van der Waals surface area contributed by atoms with E-state index < -0.39 is 42.9 Å². The van der Waals surface area contributed by atoms with Crippen molar-refractivity contribution in [2.24, 2.45) is 17.3 Å². The fourth-order valence-corrected chi connectivity index (χ4v) is 5.38. The Morgan fingerprint density at radius 2 is 1.86 bits per heavy atom. The zero-order valence-corrected chi connectivity index (χ0v) is 17.1. The van der Waals surface area contributed by atoms with Gasteiger partial charge in [0.15, 0.2) is 6.29 Å². The number of aliphatic hydroxyl groups is 5. The highest BCUT2D eigenvalue weighted by Gasteiger charge is 2.53. The molecule has 3 aliphatic rings. The maximum Gasteiger partial charge on any atom is 0.186 e. The lowest BCUT2D eigenvalue weighted by Crippen LogP contribution is -2.61. The molecule has 0 aromatic rings. The molecular weight excluding hydrogens is 364 g/mol. The van der Waals surface area contributed by atoms with Crippen molar-refractivity contribution in [2.75, 3.05) is 6.61 Å². The molecule has 3 fully saturated rings. The van der Waals surface area contributed by atoms with Crippen molar-refractivity contribution in [1.82, 2.24) is 0 Å². The summed E-state index contributed by atoms with van der Waals surface area (Å²) in [7, 11) is 0. The SMILES string of the molecule is C=C1CCC(OC2OC(CO)C(O)C(O)C2O)C2(C)CCC(C(C)(C)O)CC12. The number of fused-ring (bicyclic) bond motifs is 1. The Hall–Kier alpha value is -0.540. The highest BCUT2D eigenvalue weighted by molar-refractivity contribution is 5.16. The number of hydrogen-bond donors (Lipinski definition) is 5. The van der Waals surface area contributed by atoms with E-state index in [0.29, 0.717) is 0 Å². The second kappa shape index (κ2) is 7.95. The molecule has 1 aliphatic heterocycles. The molecule has 3 rings (SSSR count). The summed E-state index contributed by atoms with van der Waals surface area (Å²) in [6, 6.07) is 0. The molecule has 7 nitrogen and oxygen atoms in total. The van der Waals surface area contributed by atoms with Gasteiger partial charge in [-0.2, -0.15) is 0 Å². The third-order valence-corrected chi connectivity index (χ3v) is 7.45. The van der Waals surface area contributed by atoms with Crippen molar-refractivity contribution < 1.29 is 35.0 Å². The monoisotopic (exact) mass is 400 g/mol. The van der Waals surface area contributed by atoms with Crippen LogP contribution >= 0.6 is 0 Å². The van der Waals surface area contributed by atoms with Gasteiger partial charge in [-0.25, -0.2) is 0 Å². The molecule has 28 heavy (non-hydrogen) atoms. The van der Waals surface area contributed by atoms with Gasteiger partial charge in [-0.15, -0.1) is 0 Å². The van der Waals surface area contributed by atoms with Crippen LogP contribution in [-0.4, -0.2) is 74.6 Å². The number of allylic oxidation sites excluding steroid dienone is 1. The summed E-state index contributed by atoms with van der Waals surface area (Å²) in [6.45, 7) is 9.68. The Bertz CT molecular complexity index is 572. The van der Waals surface area contributed by atoms with Crippen LogP contribution < -0.4 is 0 Å². The Labute approximate surface area is 167 Å². The van der Waals surface area contributed by atoms with Crippen molar-refractivity contribution in [2.45, 2.75) is 95.3 Å². The first-order chi connectivity index (χ1) is 13.0. The van der Waals surface area contributed by atoms with Gasteiger partial charge in [-0.05, 0) is 57.8 Å². The summed E-state index contributed by atoms with van der Waals surface area (Å²) in [5.74, 6) is 0.384. The lowest BCUT2D eigenvalue weighted by Gasteiger charge is -2.55. The Morgan fingerprint density at radius 1 is 1.18 bits per heavy atom. The minimum Gasteiger partial charge on any atom is -0.394 e. The molecule has 5 N–H and O–H groups in total. The Morgan fingerprint density at radius 3 is 2.46 bits per heavy atom. The van der Waals surface area contributed by atoms with Crippen LogP contribution in [0.1, 0.15) is 52.9 Å². The van der Waals surface area contributed by atoms with E-state index in [0.717, 1.165) is 32.1 Å². The third kappa shape index (κ3) is 3.90. The third-order valence-electron chi connectivity index (χ3n) is 7.45. The summed E-state index contributed by atoms with van der Waals surface area (Å²) in [4.78, 5) is 0. The highest BCUT2D eigenvalue weighted by atomic mass is 16.7. The topological polar surface area (TPSA) is 120 Å². The Kier molecular flexibility index (Phi) is 6.29. The number of ether oxygens (including phenoxy) is 2. The van der Waals surface area contributed by atoms with Crippen molar-refractivity contribution in [3.63, 3.8) is 0 Å². The molecule has 0 spiro atoms. The molecular formula is C21H36O7. The predicted molar refractivity (Wildman–Crippen MR) is 102 cm³/mol. The average molecular weight is 401 g/mol. The summed E-state index contributed by atoms with van der Waals surface area (Å²) in [6.07, 6.45) is -2.44. The minimum atomic E-state index is -1.44. The van der Waals surface area contributed by atoms with Crippen LogP contribution in [-0.2, 0) is 9.47 Å². The smallest absolute Gasteiger partial charge is 0.186 e. The maximum atomic E-state index is 10.5. The first kappa shape index (κ1) is 22.2. The number of hydrogen-bond acceptors (Lipinski definition) is 7. The first-order valence-corrected chi connectivity index (χ1v) is 10.3. The summed E-state index contributed by atoms with van der Waals surface area (Å²) in [5.41, 5.74) is 0.216. The van der Waals surface area contributed by atoms with Crippen LogP contribution in [0.4, 0.5) is 0 Å². The highest BCUT2D eigenvalue weighted by Crippen LogP contribution is 2.56. The second-order valence-electron chi connectivity index (χ2n) is 9.70. The molecule has 9 atom stereocenters. The summed E-state index contributed by atoms with van der Waals surface area (Å²) >= 11 is 0. The van der Waals surface area contributed by atoms with Gasteiger partial charge in [0.1, 0.15) is 24.4 Å². The zero-order valence-electron chi connectivity index (χ0n) is 17.1. The van der Waals surface area contributed by atoms with E-state index in [2.05, 4.69) is 13.5 Å². The summed E-state index contributed by atoms with van der Waals surface area (Å²) in [5, 5.41) is 50.2. The number of rotatable bonds is 4. The standard InChI is InChI=1S/C21H36O7/c1-11-5-6-15(21(4)8-7-12(9-13(11)21)20(2,3)26)28-19-18(25)17(24)16(23)14(10-22)27-19/h12-19,22-26H,1,5-10H2,2-4H3. The van der Waals surface area contributed by atoms with Gasteiger partial charge in [-0.1, -0.05) is 19.1 Å². The van der Waals surface area contributed by atoms with E-state index in [1.54, 1.807) is 0 Å². The van der Waals surface area contributed by atoms with E-state index in [1.165, 1.54) is 5.57 Å². The lowest BCUT2D eigenvalue weighted by molar-refractivity contribution is -0.324. The van der Waals surface area contributed by atoms with Crippen molar-refractivity contribution >= 4 is 0 Å². The fourth-order valence-electron chi connectivity index (χ4n) is 5.38. The summed E-state index contributed by atoms with van der Waals surface area (Å²) < 4.78 is 11.7. The van der Waals surface area contributed by atoms with Gasteiger partial charge >= 0.3 is 0 Å². The molecule has 0 aromatic carbocycles. The van der Waals surface area contributed by atoms with Crippen LogP contribution in [0.25, 0.3) is 0 Å². The fraction of sp³-hybridized carbons (Fsp3) is 0.905. The lowest BCUT2D eigenvalue weighted by atomic mass is 9.54. The van der Waals surface area contributed by atoms with E-state index in [9.17, 15) is 25.5 Å². The molecule has 162 valence electrons. The van der Waals surface area contributed by atoms with Crippen molar-refractivity contribution in [1.29, 1.82) is 0 Å². The van der Waals surface area contributed by atoms with Crippen LogP contribution in [0.15, 0.2) is 12.2 Å². The largest absolute Gasteiger partial charge is 0.394 e. The molecule has 0 bridgehead atoms. The molecule has 7 heteroatoms. The maximum absolute atomic E-state index is 10.5. The van der Waals surface area contributed by atoms with Gasteiger partial charge < -0.3 is 35.0 Å². The van der Waals surface area contributed by atoms with Gasteiger partial charge in [0, 0.05) is 5.41 Å². The van der Waals surface area contributed by atoms with Gasteiger partial charge in [0.05, 0.1) is 18.3 Å². The van der Waals surface area contributed by atoms with Gasteiger partial charge in [0.2, 0.25) is 0 Å². The minimum absolute atomic E-state index is 0.188. The molecule has 1 heterocycles. The van der Waals surface area contributed by atoms with E-state index in [-0.39, 0.29) is 23.4 Å². The molecule has 0 radical (unpaired) electrons. The van der Waals surface area contributed by atoms with Gasteiger partial charge in [0.25, 0.3) is 0 Å². The molecule has 2 aliphatic carbocycles. The van der Waals surface area contributed by atoms with E-state index in [4.69, 9.17) is 9.47 Å². The molecule has 0 amide bonds. The van der Waals surface area contributed by atoms with E-state index >= 15 is 0 Å². The molecule has 1 saturated heterocycles. The van der Waals surface area contributed by atoms with Crippen LogP contribution in [0.2, 0.25) is 0 Å². The molecule has 0 aromatic heterocycles. The first-order valence-electron chi connectivity index (χ1n) is 10.3. The van der Waals surface area contributed by atoms with Crippen LogP contribution in [0.3, 0.4) is 0 Å². The van der Waals surface area contributed by atoms with Crippen LogP contribution in [0, 0.1) is 17.3 Å². The van der Waals surface area contributed by atoms with Crippen molar-refractivity contribution in [3.05, 3.63) is 12.2 Å². The molecule has 9 unspecified atom stereocenters. The second-order valence-corrected chi connectivity index (χ2v) is 9.70. The predicted octanol–water partition coefficient (Wildman–Crippen LogP) is 0.715. The quantitative estimate of drug-likeness (QED) is 0.441.